The first-order chi connectivity index (χ1) is 12.7. The van der Waals surface area contributed by atoms with Gasteiger partial charge >= 0.3 is 0 Å². The molecule has 2 N–H and O–H groups in total. The summed E-state index contributed by atoms with van der Waals surface area (Å²) in [6.07, 6.45) is 5.98. The summed E-state index contributed by atoms with van der Waals surface area (Å²) in [4.78, 5) is 23.5. The molecule has 0 fully saturated rings. The fourth-order valence-corrected chi connectivity index (χ4v) is 2.91. The molecule has 3 rings (SSSR count). The first-order valence-electron chi connectivity index (χ1n) is 8.46. The molecule has 5 heteroatoms. The van der Waals surface area contributed by atoms with Crippen LogP contribution in [0, 0.1) is 0 Å². The molecule has 0 unspecified atom stereocenters. The van der Waals surface area contributed by atoms with Crippen LogP contribution in [0.2, 0.25) is 0 Å². The molecule has 0 saturated heterocycles. The summed E-state index contributed by atoms with van der Waals surface area (Å²) in [5.41, 5.74) is 2.99. The number of nitrogens with one attached hydrogen (secondary N) is 1. The fraction of sp³-hybridized carbons (Fsp3) is 0.143. The molecule has 5 nitrogen and oxygen atoms in total. The van der Waals surface area contributed by atoms with Crippen molar-refractivity contribution in [3.8, 4) is 0 Å². The molecule has 26 heavy (non-hydrogen) atoms. The molecule has 0 spiro atoms. The van der Waals surface area contributed by atoms with Gasteiger partial charge in [-0.25, -0.2) is 5.48 Å². The summed E-state index contributed by atoms with van der Waals surface area (Å²) >= 11 is 0. The van der Waals surface area contributed by atoms with Crippen molar-refractivity contribution in [2.45, 2.75) is 19.4 Å². The summed E-state index contributed by atoms with van der Waals surface area (Å²) in [5.74, 6) is -0.670. The predicted octanol–water partition coefficient (Wildman–Crippen LogP) is 3.15. The number of pyridine rings is 1. The minimum atomic E-state index is -0.670. The highest BCUT2D eigenvalue weighted by molar-refractivity contribution is 5.90. The molecule has 0 aliphatic carbocycles. The minimum absolute atomic E-state index is 0.159. The highest BCUT2D eigenvalue weighted by Crippen LogP contribution is 2.16. The number of fused-ring (bicyclic) bond motifs is 1. The van der Waals surface area contributed by atoms with Gasteiger partial charge in [-0.2, -0.15) is 0 Å². The minimum Gasteiger partial charge on any atom is -0.315 e. The lowest BCUT2D eigenvalue weighted by atomic mass is 10.0. The summed E-state index contributed by atoms with van der Waals surface area (Å²) in [6, 6.07) is 18.1. The maximum absolute atomic E-state index is 12.4. The van der Waals surface area contributed by atoms with E-state index in [1.165, 1.54) is 27.9 Å². The normalized spacial score (nSPS) is 11.1. The number of benzene rings is 2. The van der Waals surface area contributed by atoms with Crippen LogP contribution in [0.4, 0.5) is 0 Å². The van der Waals surface area contributed by atoms with Gasteiger partial charge < -0.3 is 4.57 Å². The molecular weight excluding hydrogens is 328 g/mol. The molecule has 0 radical (unpaired) electrons. The van der Waals surface area contributed by atoms with Crippen molar-refractivity contribution in [1.82, 2.24) is 10.0 Å². The number of hydrogen-bond acceptors (Lipinski definition) is 3. The van der Waals surface area contributed by atoms with Crippen LogP contribution in [0.5, 0.6) is 0 Å². The van der Waals surface area contributed by atoms with Crippen molar-refractivity contribution < 1.29 is 10.0 Å². The lowest BCUT2D eigenvalue weighted by Crippen LogP contribution is -2.22. The van der Waals surface area contributed by atoms with E-state index in [9.17, 15) is 9.59 Å². The molecular formula is C21H20N2O3. The van der Waals surface area contributed by atoms with E-state index in [-0.39, 0.29) is 5.56 Å². The van der Waals surface area contributed by atoms with E-state index in [4.69, 9.17) is 5.21 Å². The van der Waals surface area contributed by atoms with Gasteiger partial charge in [-0.15, -0.1) is 0 Å². The van der Waals surface area contributed by atoms with Gasteiger partial charge in [0.1, 0.15) is 0 Å². The number of aryl methyl sites for hydroxylation is 2. The van der Waals surface area contributed by atoms with Crippen molar-refractivity contribution in [3.63, 3.8) is 0 Å². The molecule has 0 aliphatic rings. The summed E-state index contributed by atoms with van der Waals surface area (Å²) in [5, 5.41) is 10.9. The van der Waals surface area contributed by atoms with Crippen LogP contribution in [-0.2, 0) is 17.8 Å². The Morgan fingerprint density at radius 1 is 1.08 bits per heavy atom. The monoisotopic (exact) mass is 348 g/mol. The first-order valence-corrected chi connectivity index (χ1v) is 8.46. The van der Waals surface area contributed by atoms with Crippen LogP contribution < -0.4 is 11.0 Å². The lowest BCUT2D eigenvalue weighted by molar-refractivity contribution is -0.124. The van der Waals surface area contributed by atoms with Gasteiger partial charge in [0.15, 0.2) is 0 Å². The number of rotatable bonds is 6. The van der Waals surface area contributed by atoms with Gasteiger partial charge in [0.2, 0.25) is 0 Å². The van der Waals surface area contributed by atoms with E-state index in [0.29, 0.717) is 12.1 Å². The Kier molecular flexibility index (Phi) is 5.61. The molecule has 1 heterocycles. The maximum Gasteiger partial charge on any atom is 0.267 e. The number of carbonyl (C=O) groups is 1. The number of amides is 1. The number of hydroxylamine groups is 1. The lowest BCUT2D eigenvalue weighted by Gasteiger charge is -2.07. The van der Waals surface area contributed by atoms with Crippen molar-refractivity contribution in [1.29, 1.82) is 0 Å². The third kappa shape index (κ3) is 4.26. The SMILES string of the molecule is O=C(/C=C/c1cccn(CCCc2ccc3ccccc3c2)c1=O)NO. The molecule has 0 saturated carbocycles. The molecule has 132 valence electrons. The molecule has 1 amide bonds. The van der Waals surface area contributed by atoms with Crippen molar-refractivity contribution >= 4 is 22.8 Å². The number of aromatic nitrogens is 1. The highest BCUT2D eigenvalue weighted by atomic mass is 16.5. The Balaban J connectivity index is 1.66. The average molecular weight is 348 g/mol. The number of carbonyl (C=O) groups excluding carboxylic acids is 1. The van der Waals surface area contributed by atoms with Crippen molar-refractivity contribution in [3.05, 3.63) is 88.4 Å². The molecule has 2 aromatic carbocycles. The zero-order valence-electron chi connectivity index (χ0n) is 14.3. The van der Waals surface area contributed by atoms with Gasteiger partial charge in [0, 0.05) is 24.4 Å². The summed E-state index contributed by atoms with van der Waals surface area (Å²) < 4.78 is 1.64. The van der Waals surface area contributed by atoms with E-state index < -0.39 is 5.91 Å². The highest BCUT2D eigenvalue weighted by Gasteiger charge is 2.02. The first kappa shape index (κ1) is 17.6. The van der Waals surface area contributed by atoms with Crippen LogP contribution in [0.25, 0.3) is 16.8 Å². The molecule has 0 bridgehead atoms. The Morgan fingerprint density at radius 2 is 1.88 bits per heavy atom. The Bertz CT molecular complexity index is 1010. The fourth-order valence-electron chi connectivity index (χ4n) is 2.91. The van der Waals surface area contributed by atoms with Gasteiger partial charge in [0.25, 0.3) is 11.5 Å². The average Bonchev–Trinajstić information content (AvgIpc) is 2.68. The van der Waals surface area contributed by atoms with E-state index in [2.05, 4.69) is 30.3 Å². The van der Waals surface area contributed by atoms with Gasteiger partial charge in [-0.1, -0.05) is 42.5 Å². The topological polar surface area (TPSA) is 71.3 Å². The second-order valence-corrected chi connectivity index (χ2v) is 6.06. The Morgan fingerprint density at radius 3 is 2.69 bits per heavy atom. The van der Waals surface area contributed by atoms with E-state index in [1.807, 2.05) is 12.1 Å². The van der Waals surface area contributed by atoms with Crippen LogP contribution in [-0.4, -0.2) is 15.7 Å². The molecule has 0 atom stereocenters. The molecule has 3 aromatic rings. The largest absolute Gasteiger partial charge is 0.315 e. The predicted molar refractivity (Wildman–Crippen MR) is 102 cm³/mol. The van der Waals surface area contributed by atoms with Crippen LogP contribution in [0.3, 0.4) is 0 Å². The second kappa shape index (κ2) is 8.27. The van der Waals surface area contributed by atoms with Gasteiger partial charge in [-0.05, 0) is 47.4 Å². The third-order valence-electron chi connectivity index (χ3n) is 4.25. The van der Waals surface area contributed by atoms with E-state index >= 15 is 0 Å². The zero-order chi connectivity index (χ0) is 18.4. The summed E-state index contributed by atoms with van der Waals surface area (Å²) in [6.45, 7) is 0.597. The van der Waals surface area contributed by atoms with Crippen LogP contribution >= 0.6 is 0 Å². The third-order valence-corrected chi connectivity index (χ3v) is 4.25. The Labute approximate surface area is 151 Å². The van der Waals surface area contributed by atoms with Crippen molar-refractivity contribution in [2.75, 3.05) is 0 Å². The van der Waals surface area contributed by atoms with Gasteiger partial charge in [-0.3, -0.25) is 14.8 Å². The smallest absolute Gasteiger partial charge is 0.267 e. The summed E-state index contributed by atoms with van der Waals surface area (Å²) in [7, 11) is 0. The maximum atomic E-state index is 12.4. The van der Waals surface area contributed by atoms with Crippen LogP contribution in [0.15, 0.2) is 71.7 Å². The standard InChI is InChI=1S/C21H20N2O3/c24-20(22-26)12-11-18-8-4-14-23(21(18)25)13-3-5-16-9-10-17-6-1-2-7-19(17)15-16/h1-2,4,6-12,14-15,26H,3,5,13H2,(H,22,24)/b12-11+. The van der Waals surface area contributed by atoms with E-state index in [0.717, 1.165) is 18.9 Å². The second-order valence-electron chi connectivity index (χ2n) is 6.06. The quantitative estimate of drug-likeness (QED) is 0.408. The molecule has 0 aliphatic heterocycles. The number of nitrogens with zero attached hydrogens (tertiary/aromatic N) is 1. The van der Waals surface area contributed by atoms with Crippen molar-refractivity contribution in [2.24, 2.45) is 0 Å². The number of hydrogen-bond donors (Lipinski definition) is 2. The zero-order valence-corrected chi connectivity index (χ0v) is 14.3. The van der Waals surface area contributed by atoms with Crippen LogP contribution in [0.1, 0.15) is 17.5 Å². The Hall–Kier alpha value is -3.18. The van der Waals surface area contributed by atoms with E-state index in [1.54, 1.807) is 22.9 Å². The molecule has 1 aromatic heterocycles. The van der Waals surface area contributed by atoms with Gasteiger partial charge in [0.05, 0.1) is 0 Å².